The molecule has 0 aliphatic rings. The Morgan fingerprint density at radius 1 is 1.44 bits per heavy atom. The van der Waals surface area contributed by atoms with Crippen LogP contribution in [0.2, 0.25) is 0 Å². The fraction of sp³-hybridized carbons (Fsp3) is 0.500. The van der Waals surface area contributed by atoms with E-state index < -0.39 is 0 Å². The Morgan fingerprint density at radius 2 is 2.19 bits per heavy atom. The molecular weight excluding hydrogens is 206 g/mol. The molecule has 0 fully saturated rings. The first-order chi connectivity index (χ1) is 7.74. The highest BCUT2D eigenvalue weighted by Crippen LogP contribution is 2.14. The number of hydrogen-bond donors (Lipinski definition) is 1. The first-order valence-corrected chi connectivity index (χ1v) is 5.38. The minimum Gasteiger partial charge on any atom is -0.459 e. The highest BCUT2D eigenvalue weighted by atomic mass is 16.5. The quantitative estimate of drug-likeness (QED) is 0.841. The maximum absolute atomic E-state index is 5.75. The number of hydrogen-bond acceptors (Lipinski definition) is 5. The van der Waals surface area contributed by atoms with Crippen LogP contribution in [0.3, 0.4) is 0 Å². The molecule has 86 valence electrons. The van der Waals surface area contributed by atoms with E-state index in [-0.39, 0.29) is 6.10 Å². The summed E-state index contributed by atoms with van der Waals surface area (Å²) in [5.41, 5.74) is 6.30. The molecule has 0 atom stereocenters. The van der Waals surface area contributed by atoms with E-state index in [1.165, 1.54) is 0 Å². The highest BCUT2D eigenvalue weighted by molar-refractivity contribution is 5.58. The zero-order valence-corrected chi connectivity index (χ0v) is 9.42. The number of nitrogen functional groups attached to an aromatic ring is 1. The van der Waals surface area contributed by atoms with Gasteiger partial charge in [-0.25, -0.2) is 9.50 Å². The highest BCUT2D eigenvalue weighted by Gasteiger charge is 2.11. The number of rotatable bonds is 4. The summed E-state index contributed by atoms with van der Waals surface area (Å²) >= 11 is 0. The summed E-state index contributed by atoms with van der Waals surface area (Å²) in [4.78, 5) is 8.11. The second kappa shape index (κ2) is 4.34. The Labute approximate surface area is 93.5 Å². The Morgan fingerprint density at radius 3 is 2.88 bits per heavy atom. The molecule has 0 unspecified atom stereocenters. The molecule has 2 rings (SSSR count). The third-order valence-electron chi connectivity index (χ3n) is 2.44. The molecule has 0 spiro atoms. The number of anilines is 1. The van der Waals surface area contributed by atoms with Crippen molar-refractivity contribution in [2.24, 2.45) is 0 Å². The average molecular weight is 221 g/mol. The van der Waals surface area contributed by atoms with Crippen molar-refractivity contribution in [1.29, 1.82) is 0 Å². The van der Waals surface area contributed by atoms with Crippen molar-refractivity contribution < 1.29 is 4.74 Å². The van der Waals surface area contributed by atoms with Crippen LogP contribution in [0.25, 0.3) is 5.65 Å². The van der Waals surface area contributed by atoms with Crippen LogP contribution in [0.1, 0.15) is 26.7 Å². The Hall–Kier alpha value is -1.85. The number of ether oxygens (including phenoxy) is 1. The lowest BCUT2D eigenvalue weighted by atomic mass is 10.2. The van der Waals surface area contributed by atoms with Crippen LogP contribution in [-0.2, 0) is 0 Å². The normalized spacial score (nSPS) is 11.2. The lowest BCUT2D eigenvalue weighted by molar-refractivity contribution is 0.174. The molecule has 0 aliphatic heterocycles. The van der Waals surface area contributed by atoms with E-state index in [4.69, 9.17) is 10.5 Å². The van der Waals surface area contributed by atoms with Gasteiger partial charge in [-0.3, -0.25) is 0 Å². The molecule has 0 bridgehead atoms. The van der Waals surface area contributed by atoms with Crippen LogP contribution in [0.5, 0.6) is 6.01 Å². The van der Waals surface area contributed by atoms with Crippen LogP contribution in [0.15, 0.2) is 12.4 Å². The maximum atomic E-state index is 5.75. The lowest BCUT2D eigenvalue weighted by Crippen LogP contribution is -2.17. The van der Waals surface area contributed by atoms with E-state index in [1.807, 2.05) is 0 Å². The molecular formula is C10H15N5O. The number of nitrogens with two attached hydrogens (primary N) is 1. The van der Waals surface area contributed by atoms with Crippen LogP contribution >= 0.6 is 0 Å². The summed E-state index contributed by atoms with van der Waals surface area (Å²) in [6.07, 6.45) is 5.30. The molecule has 2 N–H and O–H groups in total. The van der Waals surface area contributed by atoms with Gasteiger partial charge in [0.1, 0.15) is 6.10 Å². The van der Waals surface area contributed by atoms with E-state index in [1.54, 1.807) is 16.9 Å². The summed E-state index contributed by atoms with van der Waals surface area (Å²) in [6.45, 7) is 4.13. The van der Waals surface area contributed by atoms with E-state index in [2.05, 4.69) is 28.9 Å². The van der Waals surface area contributed by atoms with Gasteiger partial charge in [-0.05, 0) is 12.8 Å². The standard InChI is InChI=1S/C10H15N5O/c1-3-7(4-2)16-10-13-8(11)9-12-5-6-15(9)14-10/h5-7H,3-4H2,1-2H3,(H2,11,13,14). The van der Waals surface area contributed by atoms with Gasteiger partial charge in [-0.2, -0.15) is 4.98 Å². The fourth-order valence-electron chi connectivity index (χ4n) is 1.48. The van der Waals surface area contributed by atoms with Crippen molar-refractivity contribution in [2.45, 2.75) is 32.8 Å². The van der Waals surface area contributed by atoms with Crippen molar-refractivity contribution >= 4 is 11.5 Å². The molecule has 16 heavy (non-hydrogen) atoms. The van der Waals surface area contributed by atoms with Crippen LogP contribution in [0, 0.1) is 0 Å². The molecule has 6 nitrogen and oxygen atoms in total. The van der Waals surface area contributed by atoms with Gasteiger partial charge in [0.05, 0.1) is 0 Å². The number of imidazole rings is 1. The first-order valence-electron chi connectivity index (χ1n) is 5.38. The fourth-order valence-corrected chi connectivity index (χ4v) is 1.48. The number of aromatic nitrogens is 4. The van der Waals surface area contributed by atoms with Gasteiger partial charge >= 0.3 is 6.01 Å². The molecule has 2 aromatic rings. The minimum atomic E-state index is 0.125. The second-order valence-corrected chi connectivity index (χ2v) is 3.53. The molecule has 0 saturated heterocycles. The SMILES string of the molecule is CCC(CC)Oc1nc(N)c2nccn2n1. The van der Waals surface area contributed by atoms with Gasteiger partial charge in [0.25, 0.3) is 0 Å². The summed E-state index contributed by atoms with van der Waals surface area (Å²) in [6, 6.07) is 0.303. The zero-order valence-electron chi connectivity index (χ0n) is 9.42. The second-order valence-electron chi connectivity index (χ2n) is 3.53. The third kappa shape index (κ3) is 1.91. The largest absolute Gasteiger partial charge is 0.459 e. The number of fused-ring (bicyclic) bond motifs is 1. The Kier molecular flexibility index (Phi) is 2.89. The van der Waals surface area contributed by atoms with Crippen molar-refractivity contribution in [3.05, 3.63) is 12.4 Å². The molecule has 0 saturated carbocycles. The van der Waals surface area contributed by atoms with E-state index >= 15 is 0 Å². The maximum Gasteiger partial charge on any atom is 0.336 e. The number of nitrogens with zero attached hydrogens (tertiary/aromatic N) is 4. The topological polar surface area (TPSA) is 78.3 Å². The monoisotopic (exact) mass is 221 g/mol. The summed E-state index contributed by atoms with van der Waals surface area (Å²) < 4.78 is 7.19. The molecule has 2 aromatic heterocycles. The van der Waals surface area contributed by atoms with Gasteiger partial charge < -0.3 is 10.5 Å². The lowest BCUT2D eigenvalue weighted by Gasteiger charge is -2.13. The first kappa shape index (κ1) is 10.7. The predicted molar refractivity (Wildman–Crippen MR) is 60.2 cm³/mol. The summed E-state index contributed by atoms with van der Waals surface area (Å²) in [7, 11) is 0. The van der Waals surface area contributed by atoms with Crippen molar-refractivity contribution in [1.82, 2.24) is 19.6 Å². The van der Waals surface area contributed by atoms with Gasteiger partial charge in [0.2, 0.25) is 0 Å². The van der Waals surface area contributed by atoms with Crippen LogP contribution < -0.4 is 10.5 Å². The van der Waals surface area contributed by atoms with E-state index in [0.29, 0.717) is 17.5 Å². The zero-order chi connectivity index (χ0) is 11.5. The van der Waals surface area contributed by atoms with Crippen molar-refractivity contribution in [2.75, 3.05) is 5.73 Å². The average Bonchev–Trinajstić information content (AvgIpc) is 2.74. The van der Waals surface area contributed by atoms with E-state index in [0.717, 1.165) is 12.8 Å². The summed E-state index contributed by atoms with van der Waals surface area (Å²) in [5.74, 6) is 0.334. The van der Waals surface area contributed by atoms with Gasteiger partial charge in [0.15, 0.2) is 11.5 Å². The molecule has 0 aromatic carbocycles. The van der Waals surface area contributed by atoms with Crippen LogP contribution in [-0.4, -0.2) is 25.7 Å². The van der Waals surface area contributed by atoms with Crippen LogP contribution in [0.4, 0.5) is 5.82 Å². The van der Waals surface area contributed by atoms with Crippen molar-refractivity contribution in [3.63, 3.8) is 0 Å². The third-order valence-corrected chi connectivity index (χ3v) is 2.44. The van der Waals surface area contributed by atoms with E-state index in [9.17, 15) is 0 Å². The van der Waals surface area contributed by atoms with Gasteiger partial charge in [0, 0.05) is 12.4 Å². The predicted octanol–water partition coefficient (Wildman–Crippen LogP) is 1.27. The summed E-state index contributed by atoms with van der Waals surface area (Å²) in [5, 5.41) is 4.17. The molecule has 0 aliphatic carbocycles. The smallest absolute Gasteiger partial charge is 0.336 e. The van der Waals surface area contributed by atoms with Gasteiger partial charge in [-0.15, -0.1) is 5.10 Å². The Bertz CT molecular complexity index is 477. The minimum absolute atomic E-state index is 0.125. The van der Waals surface area contributed by atoms with Gasteiger partial charge in [-0.1, -0.05) is 13.8 Å². The van der Waals surface area contributed by atoms with Crippen molar-refractivity contribution in [3.8, 4) is 6.01 Å². The molecule has 2 heterocycles. The molecule has 0 amide bonds. The molecule has 6 heteroatoms. The Balaban J connectivity index is 2.30. The molecule has 0 radical (unpaired) electrons.